The monoisotopic (exact) mass is 283 g/mol. The first-order chi connectivity index (χ1) is 8.28. The lowest BCUT2D eigenvalue weighted by Gasteiger charge is -2.24. The van der Waals surface area contributed by atoms with Gasteiger partial charge in [-0.15, -0.1) is 0 Å². The summed E-state index contributed by atoms with van der Waals surface area (Å²) in [5.41, 5.74) is 1.60. The molecule has 0 bridgehead atoms. The van der Waals surface area contributed by atoms with Gasteiger partial charge in [-0.05, 0) is 44.3 Å². The SMILES string of the molecule is COc1c(C)cc(Cl)cc1[C@H](C#N)O[Si](C)(C)C. The predicted octanol–water partition coefficient (Wildman–Crippen LogP) is 4.07. The average Bonchev–Trinajstić information content (AvgIpc) is 2.23. The van der Waals surface area contributed by atoms with Crippen molar-refractivity contribution in [3.8, 4) is 11.8 Å². The summed E-state index contributed by atoms with van der Waals surface area (Å²) in [5, 5.41) is 9.88. The number of nitriles is 1. The highest BCUT2D eigenvalue weighted by atomic mass is 35.5. The highest BCUT2D eigenvalue weighted by Crippen LogP contribution is 2.34. The molecule has 5 heteroatoms. The summed E-state index contributed by atoms with van der Waals surface area (Å²) in [6.45, 7) is 8.03. The highest BCUT2D eigenvalue weighted by molar-refractivity contribution is 6.69. The Kier molecular flexibility index (Phi) is 4.80. The predicted molar refractivity (Wildman–Crippen MR) is 75.5 cm³/mol. The number of benzene rings is 1. The van der Waals surface area contributed by atoms with Gasteiger partial charge in [-0.3, -0.25) is 0 Å². The fourth-order valence-electron chi connectivity index (χ4n) is 1.74. The fraction of sp³-hybridized carbons (Fsp3) is 0.462. The number of halogens is 1. The molecular formula is C13H18ClNO2Si. The van der Waals surface area contributed by atoms with Gasteiger partial charge in [-0.2, -0.15) is 5.26 Å². The number of hydrogen-bond donors (Lipinski definition) is 0. The topological polar surface area (TPSA) is 42.2 Å². The van der Waals surface area contributed by atoms with Crippen LogP contribution in [0, 0.1) is 18.3 Å². The van der Waals surface area contributed by atoms with Crippen molar-refractivity contribution < 1.29 is 9.16 Å². The Morgan fingerprint density at radius 1 is 1.33 bits per heavy atom. The van der Waals surface area contributed by atoms with Gasteiger partial charge in [0.05, 0.1) is 13.2 Å². The molecular weight excluding hydrogens is 266 g/mol. The molecule has 18 heavy (non-hydrogen) atoms. The van der Waals surface area contributed by atoms with Crippen LogP contribution in [0.3, 0.4) is 0 Å². The van der Waals surface area contributed by atoms with Gasteiger partial charge in [0.2, 0.25) is 0 Å². The third-order valence-corrected chi connectivity index (χ3v) is 3.50. The molecule has 0 radical (unpaired) electrons. The normalized spacial score (nSPS) is 12.9. The van der Waals surface area contributed by atoms with E-state index in [1.165, 1.54) is 0 Å². The van der Waals surface area contributed by atoms with Gasteiger partial charge >= 0.3 is 0 Å². The zero-order chi connectivity index (χ0) is 13.9. The lowest BCUT2D eigenvalue weighted by molar-refractivity contribution is 0.248. The quantitative estimate of drug-likeness (QED) is 0.782. The Morgan fingerprint density at radius 2 is 1.94 bits per heavy atom. The summed E-state index contributed by atoms with van der Waals surface area (Å²) in [4.78, 5) is 0. The van der Waals surface area contributed by atoms with Crippen molar-refractivity contribution in [2.45, 2.75) is 32.7 Å². The molecule has 1 rings (SSSR count). The van der Waals surface area contributed by atoms with E-state index in [1.54, 1.807) is 13.2 Å². The van der Waals surface area contributed by atoms with Gasteiger partial charge in [0.15, 0.2) is 14.4 Å². The van der Waals surface area contributed by atoms with Crippen LogP contribution in [-0.2, 0) is 4.43 Å². The van der Waals surface area contributed by atoms with Crippen LogP contribution in [0.2, 0.25) is 24.7 Å². The zero-order valence-corrected chi connectivity index (χ0v) is 13.1. The molecule has 1 aromatic carbocycles. The van der Waals surface area contributed by atoms with Gasteiger partial charge in [0.1, 0.15) is 5.75 Å². The second kappa shape index (κ2) is 5.74. The lowest BCUT2D eigenvalue weighted by Crippen LogP contribution is -2.27. The first-order valence-electron chi connectivity index (χ1n) is 5.70. The molecule has 0 aromatic heterocycles. The second-order valence-electron chi connectivity index (χ2n) is 5.08. The summed E-state index contributed by atoms with van der Waals surface area (Å²) in [5.74, 6) is 0.671. The van der Waals surface area contributed by atoms with Crippen molar-refractivity contribution in [2.75, 3.05) is 7.11 Å². The van der Waals surface area contributed by atoms with Crippen LogP contribution in [0.5, 0.6) is 5.75 Å². The number of aryl methyl sites for hydroxylation is 1. The van der Waals surface area contributed by atoms with Crippen molar-refractivity contribution in [3.05, 3.63) is 28.3 Å². The molecule has 0 N–H and O–H groups in total. The van der Waals surface area contributed by atoms with Crippen LogP contribution in [0.25, 0.3) is 0 Å². The number of nitrogens with zero attached hydrogens (tertiary/aromatic N) is 1. The molecule has 1 aromatic rings. The Labute approximate surface area is 114 Å². The summed E-state index contributed by atoms with van der Waals surface area (Å²) in [7, 11) is -0.230. The van der Waals surface area contributed by atoms with Crippen LogP contribution in [0.4, 0.5) is 0 Å². The Morgan fingerprint density at radius 3 is 2.39 bits per heavy atom. The first kappa shape index (κ1) is 15.0. The van der Waals surface area contributed by atoms with E-state index in [2.05, 4.69) is 6.07 Å². The van der Waals surface area contributed by atoms with Gasteiger partial charge in [0, 0.05) is 10.6 Å². The van der Waals surface area contributed by atoms with Crippen molar-refractivity contribution in [1.29, 1.82) is 5.26 Å². The van der Waals surface area contributed by atoms with Crippen molar-refractivity contribution in [3.63, 3.8) is 0 Å². The van der Waals surface area contributed by atoms with Gasteiger partial charge in [0.25, 0.3) is 0 Å². The Hall–Kier alpha value is -1.02. The molecule has 0 saturated carbocycles. The van der Waals surface area contributed by atoms with E-state index in [4.69, 9.17) is 20.8 Å². The molecule has 3 nitrogen and oxygen atoms in total. The maximum absolute atomic E-state index is 9.29. The summed E-state index contributed by atoms with van der Waals surface area (Å²) in [6.07, 6.45) is -0.635. The van der Waals surface area contributed by atoms with Gasteiger partial charge in [-0.1, -0.05) is 11.6 Å². The van der Waals surface area contributed by atoms with Crippen molar-refractivity contribution in [1.82, 2.24) is 0 Å². The zero-order valence-electron chi connectivity index (χ0n) is 11.4. The summed E-state index contributed by atoms with van der Waals surface area (Å²) in [6, 6.07) is 5.73. The van der Waals surface area contributed by atoms with Crippen LogP contribution >= 0.6 is 11.6 Å². The van der Waals surface area contributed by atoms with E-state index < -0.39 is 14.4 Å². The molecule has 0 aliphatic carbocycles. The minimum atomic E-state index is -1.82. The number of methoxy groups -OCH3 is 1. The van der Waals surface area contributed by atoms with Crippen LogP contribution in [-0.4, -0.2) is 15.4 Å². The minimum Gasteiger partial charge on any atom is -0.496 e. The minimum absolute atomic E-state index is 0.586. The first-order valence-corrected chi connectivity index (χ1v) is 9.48. The van der Waals surface area contributed by atoms with E-state index in [0.29, 0.717) is 16.3 Å². The molecule has 0 spiro atoms. The molecule has 0 fully saturated rings. The number of rotatable bonds is 4. The molecule has 0 saturated heterocycles. The molecule has 98 valence electrons. The van der Waals surface area contributed by atoms with Crippen molar-refractivity contribution in [2.24, 2.45) is 0 Å². The van der Waals surface area contributed by atoms with E-state index >= 15 is 0 Å². The Balaban J connectivity index is 3.25. The average molecular weight is 284 g/mol. The van der Waals surface area contributed by atoms with Gasteiger partial charge < -0.3 is 9.16 Å². The fourth-order valence-corrected chi connectivity index (χ4v) is 2.91. The maximum atomic E-state index is 9.29. The van der Waals surface area contributed by atoms with E-state index in [9.17, 15) is 5.26 Å². The Bertz CT molecular complexity index is 477. The molecule has 0 aliphatic heterocycles. The van der Waals surface area contributed by atoms with E-state index in [0.717, 1.165) is 5.56 Å². The largest absolute Gasteiger partial charge is 0.496 e. The molecule has 0 heterocycles. The molecule has 0 unspecified atom stereocenters. The molecule has 0 amide bonds. The standard InChI is InChI=1S/C13H18ClNO2Si/c1-9-6-10(14)7-11(13(9)16-2)12(8-15)17-18(3,4)5/h6-7,12H,1-5H3/t12-/m0/s1. The number of hydrogen-bond acceptors (Lipinski definition) is 3. The van der Waals surface area contributed by atoms with Crippen molar-refractivity contribution >= 4 is 19.9 Å². The lowest BCUT2D eigenvalue weighted by atomic mass is 10.1. The van der Waals surface area contributed by atoms with E-state index in [1.807, 2.05) is 32.6 Å². The summed E-state index contributed by atoms with van der Waals surface area (Å²) >= 11 is 6.04. The highest BCUT2D eigenvalue weighted by Gasteiger charge is 2.25. The van der Waals surface area contributed by atoms with E-state index in [-0.39, 0.29) is 0 Å². The van der Waals surface area contributed by atoms with Crippen LogP contribution < -0.4 is 4.74 Å². The third kappa shape index (κ3) is 3.74. The van der Waals surface area contributed by atoms with Crippen LogP contribution in [0.15, 0.2) is 12.1 Å². The maximum Gasteiger partial charge on any atom is 0.186 e. The molecule has 0 aliphatic rings. The van der Waals surface area contributed by atoms with Crippen LogP contribution in [0.1, 0.15) is 17.2 Å². The smallest absolute Gasteiger partial charge is 0.186 e. The number of ether oxygens (including phenoxy) is 1. The second-order valence-corrected chi connectivity index (χ2v) is 9.98. The molecule has 1 atom stereocenters. The van der Waals surface area contributed by atoms with Gasteiger partial charge in [-0.25, -0.2) is 0 Å². The summed E-state index contributed by atoms with van der Waals surface area (Å²) < 4.78 is 11.2. The third-order valence-electron chi connectivity index (χ3n) is 2.34.